The van der Waals surface area contributed by atoms with Crippen molar-refractivity contribution in [3.05, 3.63) is 30.1 Å². The number of carbonyl (C=O) groups excluding carboxylic acids is 1. The van der Waals surface area contributed by atoms with Crippen molar-refractivity contribution in [2.75, 3.05) is 6.54 Å². The van der Waals surface area contributed by atoms with Crippen molar-refractivity contribution in [3.63, 3.8) is 0 Å². The Balaban J connectivity index is 0.00000196. The molecule has 3 N–H and O–H groups in total. The van der Waals surface area contributed by atoms with E-state index in [1.165, 1.54) is 0 Å². The Morgan fingerprint density at radius 1 is 1.60 bits per heavy atom. The minimum absolute atomic E-state index is 0. The van der Waals surface area contributed by atoms with E-state index in [0.717, 1.165) is 5.69 Å². The van der Waals surface area contributed by atoms with E-state index in [2.05, 4.69) is 15.5 Å². The third-order valence-electron chi connectivity index (χ3n) is 1.57. The van der Waals surface area contributed by atoms with Gasteiger partial charge in [0, 0.05) is 6.20 Å². The summed E-state index contributed by atoms with van der Waals surface area (Å²) in [5.41, 5.74) is 8.79. The zero-order valence-corrected chi connectivity index (χ0v) is 9.12. The highest BCUT2D eigenvalue weighted by atomic mass is 35.5. The van der Waals surface area contributed by atoms with Crippen LogP contribution in [0.3, 0.4) is 0 Å². The molecule has 1 aromatic rings. The first-order valence-electron chi connectivity index (χ1n) is 4.18. The Morgan fingerprint density at radius 2 is 2.33 bits per heavy atom. The summed E-state index contributed by atoms with van der Waals surface area (Å²) in [5.74, 6) is -0.319. The molecule has 1 heterocycles. The van der Waals surface area contributed by atoms with Crippen LogP contribution in [-0.2, 0) is 4.79 Å². The standard InChI is InChI=1S/C9H12N4O.ClH/c1-7(12-13-9(14)6-10)8-4-2-3-5-11-8;/h2-5H,6,10H2,1H3,(H,13,14);1H. The molecule has 15 heavy (non-hydrogen) atoms. The maximum Gasteiger partial charge on any atom is 0.253 e. The smallest absolute Gasteiger partial charge is 0.253 e. The van der Waals surface area contributed by atoms with Crippen LogP contribution in [0.5, 0.6) is 0 Å². The number of rotatable bonds is 3. The molecule has 6 heteroatoms. The van der Waals surface area contributed by atoms with Crippen molar-refractivity contribution < 1.29 is 4.79 Å². The molecule has 0 aromatic carbocycles. The van der Waals surface area contributed by atoms with E-state index in [-0.39, 0.29) is 24.9 Å². The minimum Gasteiger partial charge on any atom is -0.322 e. The molecule has 0 saturated carbocycles. The molecule has 0 aliphatic rings. The molecule has 1 aromatic heterocycles. The molecular formula is C9H13ClN4O. The monoisotopic (exact) mass is 228 g/mol. The summed E-state index contributed by atoms with van der Waals surface area (Å²) < 4.78 is 0. The molecule has 82 valence electrons. The summed E-state index contributed by atoms with van der Waals surface area (Å²) in [7, 11) is 0. The molecule has 0 atom stereocenters. The van der Waals surface area contributed by atoms with Gasteiger partial charge in [-0.1, -0.05) is 6.07 Å². The number of hydrazone groups is 1. The molecule has 1 amide bonds. The molecule has 0 spiro atoms. The SMILES string of the molecule is CC(=NNC(=O)CN)c1ccccn1.Cl. The predicted octanol–water partition coefficient (Wildman–Crippen LogP) is 0.302. The van der Waals surface area contributed by atoms with Crippen LogP contribution < -0.4 is 11.2 Å². The second-order valence-electron chi connectivity index (χ2n) is 2.65. The van der Waals surface area contributed by atoms with E-state index in [9.17, 15) is 4.79 Å². The summed E-state index contributed by atoms with van der Waals surface area (Å²) in [6.07, 6.45) is 1.67. The Kier molecular flexibility index (Phi) is 6.24. The van der Waals surface area contributed by atoms with Gasteiger partial charge in [-0.25, -0.2) is 5.43 Å². The van der Waals surface area contributed by atoms with E-state index < -0.39 is 0 Å². The molecule has 0 aliphatic carbocycles. The number of halogens is 1. The van der Waals surface area contributed by atoms with Gasteiger partial charge in [0.1, 0.15) is 0 Å². The topological polar surface area (TPSA) is 80.4 Å². The van der Waals surface area contributed by atoms with Gasteiger partial charge in [0.15, 0.2) is 0 Å². The van der Waals surface area contributed by atoms with Gasteiger partial charge in [-0.15, -0.1) is 12.4 Å². The average Bonchev–Trinajstić information content (AvgIpc) is 2.26. The zero-order valence-electron chi connectivity index (χ0n) is 8.30. The number of amides is 1. The lowest BCUT2D eigenvalue weighted by atomic mass is 10.3. The summed E-state index contributed by atoms with van der Waals surface area (Å²) in [5, 5.41) is 3.84. The number of pyridine rings is 1. The van der Waals surface area contributed by atoms with E-state index in [4.69, 9.17) is 5.73 Å². The van der Waals surface area contributed by atoms with Crippen molar-refractivity contribution in [3.8, 4) is 0 Å². The van der Waals surface area contributed by atoms with Crippen LogP contribution >= 0.6 is 12.4 Å². The number of nitrogens with two attached hydrogens (primary N) is 1. The third kappa shape index (κ3) is 4.53. The largest absolute Gasteiger partial charge is 0.322 e. The maximum atomic E-state index is 10.8. The van der Waals surface area contributed by atoms with Gasteiger partial charge in [0.05, 0.1) is 18.0 Å². The second kappa shape index (κ2) is 6.92. The summed E-state index contributed by atoms with van der Waals surface area (Å²) in [6, 6.07) is 5.48. The first-order valence-corrected chi connectivity index (χ1v) is 4.18. The van der Waals surface area contributed by atoms with Crippen LogP contribution in [0.25, 0.3) is 0 Å². The molecule has 0 radical (unpaired) electrons. The lowest BCUT2D eigenvalue weighted by Gasteiger charge is -1.99. The summed E-state index contributed by atoms with van der Waals surface area (Å²) in [4.78, 5) is 14.9. The Morgan fingerprint density at radius 3 is 2.87 bits per heavy atom. The van der Waals surface area contributed by atoms with Gasteiger partial charge < -0.3 is 5.73 Å². The van der Waals surface area contributed by atoms with Crippen molar-refractivity contribution in [1.29, 1.82) is 0 Å². The lowest BCUT2D eigenvalue weighted by molar-refractivity contribution is -0.119. The van der Waals surface area contributed by atoms with E-state index in [0.29, 0.717) is 5.71 Å². The van der Waals surface area contributed by atoms with E-state index in [1.807, 2.05) is 18.2 Å². The van der Waals surface area contributed by atoms with Crippen molar-refractivity contribution in [1.82, 2.24) is 10.4 Å². The van der Waals surface area contributed by atoms with Gasteiger partial charge in [-0.05, 0) is 19.1 Å². The highest BCUT2D eigenvalue weighted by Gasteiger charge is 1.98. The van der Waals surface area contributed by atoms with Crippen molar-refractivity contribution >= 4 is 24.0 Å². The number of hydrogen-bond acceptors (Lipinski definition) is 4. The Hall–Kier alpha value is -1.46. The number of aromatic nitrogens is 1. The Labute approximate surface area is 94.2 Å². The molecule has 5 nitrogen and oxygen atoms in total. The Bertz CT molecular complexity index is 339. The summed E-state index contributed by atoms with van der Waals surface area (Å²) in [6.45, 7) is 1.69. The van der Waals surface area contributed by atoms with Gasteiger partial charge >= 0.3 is 0 Å². The minimum atomic E-state index is -0.319. The van der Waals surface area contributed by atoms with E-state index >= 15 is 0 Å². The normalized spacial score (nSPS) is 10.4. The molecule has 1 rings (SSSR count). The molecular weight excluding hydrogens is 216 g/mol. The van der Waals surface area contributed by atoms with Crippen LogP contribution in [0.1, 0.15) is 12.6 Å². The predicted molar refractivity (Wildman–Crippen MR) is 60.9 cm³/mol. The summed E-state index contributed by atoms with van der Waals surface area (Å²) >= 11 is 0. The molecule has 0 fully saturated rings. The fourth-order valence-electron chi connectivity index (χ4n) is 0.826. The van der Waals surface area contributed by atoms with Gasteiger partial charge in [-0.2, -0.15) is 5.10 Å². The quantitative estimate of drug-likeness (QED) is 0.577. The maximum absolute atomic E-state index is 10.8. The first kappa shape index (κ1) is 13.5. The third-order valence-corrected chi connectivity index (χ3v) is 1.57. The molecule has 0 aliphatic heterocycles. The average molecular weight is 229 g/mol. The van der Waals surface area contributed by atoms with Crippen LogP contribution in [0.15, 0.2) is 29.5 Å². The van der Waals surface area contributed by atoms with Crippen molar-refractivity contribution in [2.24, 2.45) is 10.8 Å². The highest BCUT2D eigenvalue weighted by molar-refractivity contribution is 5.97. The molecule has 0 saturated heterocycles. The molecule has 0 bridgehead atoms. The van der Waals surface area contributed by atoms with Gasteiger partial charge in [0.25, 0.3) is 5.91 Å². The van der Waals surface area contributed by atoms with Gasteiger partial charge in [0.2, 0.25) is 0 Å². The van der Waals surface area contributed by atoms with Crippen LogP contribution in [0.2, 0.25) is 0 Å². The van der Waals surface area contributed by atoms with E-state index in [1.54, 1.807) is 13.1 Å². The van der Waals surface area contributed by atoms with Crippen LogP contribution in [-0.4, -0.2) is 23.1 Å². The van der Waals surface area contributed by atoms with Crippen LogP contribution in [0.4, 0.5) is 0 Å². The number of nitrogens with zero attached hydrogens (tertiary/aromatic N) is 2. The zero-order chi connectivity index (χ0) is 10.4. The fraction of sp³-hybridized carbons (Fsp3) is 0.222. The van der Waals surface area contributed by atoms with Crippen LogP contribution in [0, 0.1) is 0 Å². The lowest BCUT2D eigenvalue weighted by Crippen LogP contribution is -2.27. The van der Waals surface area contributed by atoms with Crippen molar-refractivity contribution in [2.45, 2.75) is 6.92 Å². The fourth-order valence-corrected chi connectivity index (χ4v) is 0.826. The number of nitrogens with one attached hydrogen (secondary N) is 1. The highest BCUT2D eigenvalue weighted by Crippen LogP contribution is 1.94. The second-order valence-corrected chi connectivity index (χ2v) is 2.65. The number of hydrogen-bond donors (Lipinski definition) is 2. The number of carbonyl (C=O) groups is 1. The first-order chi connectivity index (χ1) is 6.74. The van der Waals surface area contributed by atoms with Gasteiger partial charge in [-0.3, -0.25) is 9.78 Å². The molecule has 0 unspecified atom stereocenters.